The molecule has 1 aromatic rings. The lowest BCUT2D eigenvalue weighted by atomic mass is 10.1. The van der Waals surface area contributed by atoms with E-state index in [1.165, 1.54) is 38.1 Å². The van der Waals surface area contributed by atoms with E-state index in [1.807, 2.05) is 0 Å². The summed E-state index contributed by atoms with van der Waals surface area (Å²) in [6, 6.07) is 4.51. The fourth-order valence-electron chi connectivity index (χ4n) is 2.63. The van der Waals surface area contributed by atoms with Crippen molar-refractivity contribution in [1.82, 2.24) is 4.90 Å². The number of nitrogens with zero attached hydrogens (tertiary/aromatic N) is 1. The van der Waals surface area contributed by atoms with E-state index < -0.39 is 0 Å². The molecule has 0 amide bonds. The van der Waals surface area contributed by atoms with Crippen molar-refractivity contribution in [3.63, 3.8) is 0 Å². The highest BCUT2D eigenvalue weighted by atomic mass is 32.1. The van der Waals surface area contributed by atoms with Gasteiger partial charge in [0.25, 0.3) is 0 Å². The zero-order chi connectivity index (χ0) is 14.5. The van der Waals surface area contributed by atoms with Gasteiger partial charge in [0, 0.05) is 24.3 Å². The molecule has 110 valence electrons. The molecule has 1 aliphatic heterocycles. The van der Waals surface area contributed by atoms with E-state index in [-0.39, 0.29) is 10.8 Å². The van der Waals surface area contributed by atoms with Crippen molar-refractivity contribution in [1.29, 1.82) is 0 Å². The maximum Gasteiger partial charge on any atom is 0.124 e. The molecule has 3 N–H and O–H groups in total. The molecule has 1 aliphatic rings. The van der Waals surface area contributed by atoms with Gasteiger partial charge >= 0.3 is 0 Å². The van der Waals surface area contributed by atoms with Gasteiger partial charge in [0.05, 0.1) is 0 Å². The van der Waals surface area contributed by atoms with Gasteiger partial charge in [0.1, 0.15) is 10.8 Å². The van der Waals surface area contributed by atoms with Crippen LogP contribution in [0.25, 0.3) is 0 Å². The Morgan fingerprint density at radius 1 is 1.45 bits per heavy atom. The van der Waals surface area contributed by atoms with Gasteiger partial charge in [-0.2, -0.15) is 0 Å². The van der Waals surface area contributed by atoms with Crippen LogP contribution in [0.5, 0.6) is 0 Å². The van der Waals surface area contributed by atoms with E-state index in [0.717, 1.165) is 18.8 Å². The highest BCUT2D eigenvalue weighted by molar-refractivity contribution is 7.80. The van der Waals surface area contributed by atoms with Gasteiger partial charge in [-0.3, -0.25) is 0 Å². The lowest BCUT2D eigenvalue weighted by Crippen LogP contribution is -2.29. The monoisotopic (exact) mass is 295 g/mol. The fraction of sp³-hybridized carbons (Fsp3) is 0.533. The molecule has 0 aromatic heterocycles. The third-order valence-corrected chi connectivity index (χ3v) is 3.88. The minimum Gasteiger partial charge on any atom is -0.389 e. The molecule has 1 saturated heterocycles. The maximum absolute atomic E-state index is 13.2. The minimum absolute atomic E-state index is 0.221. The molecular formula is C15H22FN3S. The van der Waals surface area contributed by atoms with Gasteiger partial charge in [0.2, 0.25) is 0 Å². The summed E-state index contributed by atoms with van der Waals surface area (Å²) in [4.78, 5) is 2.71. The van der Waals surface area contributed by atoms with Crippen molar-refractivity contribution in [2.24, 2.45) is 11.7 Å². The topological polar surface area (TPSA) is 41.3 Å². The average Bonchev–Trinajstić information content (AvgIpc) is 2.90. The highest BCUT2D eigenvalue weighted by Gasteiger charge is 2.15. The number of likely N-dealkylation sites (tertiary alicyclic amines) is 1. The molecule has 5 heteroatoms. The molecule has 1 heterocycles. The highest BCUT2D eigenvalue weighted by Crippen LogP contribution is 2.18. The molecule has 0 spiro atoms. The first-order valence-corrected chi connectivity index (χ1v) is 7.52. The summed E-state index contributed by atoms with van der Waals surface area (Å²) in [6.45, 7) is 6.56. The molecular weight excluding hydrogens is 273 g/mol. The molecule has 1 fully saturated rings. The van der Waals surface area contributed by atoms with Crippen LogP contribution in [-0.4, -0.2) is 36.1 Å². The number of rotatable bonds is 6. The van der Waals surface area contributed by atoms with E-state index in [4.69, 9.17) is 18.0 Å². The third-order valence-electron chi connectivity index (χ3n) is 3.66. The largest absolute Gasteiger partial charge is 0.389 e. The molecule has 1 aromatic carbocycles. The SMILES string of the molecule is CC(CNc1ccc(F)cc1C(N)=S)CN1CCCC1. The predicted molar refractivity (Wildman–Crippen MR) is 85.6 cm³/mol. The molecule has 0 bridgehead atoms. The zero-order valence-electron chi connectivity index (χ0n) is 11.9. The van der Waals surface area contributed by atoms with E-state index in [2.05, 4.69) is 17.1 Å². The van der Waals surface area contributed by atoms with E-state index in [9.17, 15) is 4.39 Å². The van der Waals surface area contributed by atoms with Gasteiger partial charge in [-0.1, -0.05) is 19.1 Å². The summed E-state index contributed by atoms with van der Waals surface area (Å²) in [5.74, 6) is 0.209. The second-order valence-corrected chi connectivity index (χ2v) is 5.99. The van der Waals surface area contributed by atoms with Gasteiger partial charge in [-0.05, 0) is 50.0 Å². The Balaban J connectivity index is 1.91. The van der Waals surface area contributed by atoms with Gasteiger partial charge in [-0.25, -0.2) is 4.39 Å². The Labute approximate surface area is 125 Å². The summed E-state index contributed by atoms with van der Waals surface area (Å²) in [7, 11) is 0. The van der Waals surface area contributed by atoms with Gasteiger partial charge in [-0.15, -0.1) is 0 Å². The lowest BCUT2D eigenvalue weighted by Gasteiger charge is -2.21. The zero-order valence-corrected chi connectivity index (χ0v) is 12.7. The molecule has 3 nitrogen and oxygen atoms in total. The Hall–Kier alpha value is -1.20. The van der Waals surface area contributed by atoms with Crippen molar-refractivity contribution in [3.05, 3.63) is 29.6 Å². The number of nitrogens with one attached hydrogen (secondary N) is 1. The predicted octanol–water partition coefficient (Wildman–Crippen LogP) is 2.60. The van der Waals surface area contributed by atoms with Crippen LogP contribution in [0.4, 0.5) is 10.1 Å². The molecule has 20 heavy (non-hydrogen) atoms. The van der Waals surface area contributed by atoms with Crippen LogP contribution in [0.15, 0.2) is 18.2 Å². The first kappa shape index (κ1) is 15.2. The van der Waals surface area contributed by atoms with Crippen LogP contribution in [0, 0.1) is 11.7 Å². The molecule has 0 radical (unpaired) electrons. The van der Waals surface area contributed by atoms with Crippen molar-refractivity contribution < 1.29 is 4.39 Å². The number of nitrogens with two attached hydrogens (primary N) is 1. The number of halogens is 1. The molecule has 0 aliphatic carbocycles. The number of hydrogen-bond donors (Lipinski definition) is 2. The normalized spacial score (nSPS) is 17.1. The Morgan fingerprint density at radius 3 is 2.80 bits per heavy atom. The first-order chi connectivity index (χ1) is 9.56. The third kappa shape index (κ3) is 4.15. The van der Waals surface area contributed by atoms with E-state index in [1.54, 1.807) is 6.07 Å². The number of thiocarbonyl (C=S) groups is 1. The van der Waals surface area contributed by atoms with E-state index in [0.29, 0.717) is 11.5 Å². The second kappa shape index (κ2) is 6.99. The first-order valence-electron chi connectivity index (χ1n) is 7.12. The molecule has 0 saturated carbocycles. The fourth-order valence-corrected chi connectivity index (χ4v) is 2.80. The van der Waals surface area contributed by atoms with Crippen LogP contribution in [0.3, 0.4) is 0 Å². The van der Waals surface area contributed by atoms with Gasteiger partial charge in [0.15, 0.2) is 0 Å². The maximum atomic E-state index is 13.2. The standard InChI is InChI=1S/C15H22FN3S/c1-11(10-19-6-2-3-7-19)9-18-14-5-4-12(16)8-13(14)15(17)20/h4-5,8,11,18H,2-3,6-7,9-10H2,1H3,(H2,17,20). The molecule has 2 rings (SSSR count). The average molecular weight is 295 g/mol. The van der Waals surface area contributed by atoms with Crippen LogP contribution in [0.1, 0.15) is 25.3 Å². The summed E-state index contributed by atoms with van der Waals surface area (Å²) >= 11 is 4.97. The van der Waals surface area contributed by atoms with Gasteiger partial charge < -0.3 is 16.0 Å². The van der Waals surface area contributed by atoms with Crippen LogP contribution in [0.2, 0.25) is 0 Å². The number of benzene rings is 1. The van der Waals surface area contributed by atoms with Crippen molar-refractivity contribution in [3.8, 4) is 0 Å². The summed E-state index contributed by atoms with van der Waals surface area (Å²) in [5.41, 5.74) is 7.03. The second-order valence-electron chi connectivity index (χ2n) is 5.55. The molecule has 1 unspecified atom stereocenters. The summed E-state index contributed by atoms with van der Waals surface area (Å²) in [6.07, 6.45) is 2.62. The number of anilines is 1. The Bertz CT molecular complexity index is 472. The van der Waals surface area contributed by atoms with Crippen LogP contribution in [-0.2, 0) is 0 Å². The number of hydrogen-bond acceptors (Lipinski definition) is 3. The smallest absolute Gasteiger partial charge is 0.124 e. The minimum atomic E-state index is -0.316. The van der Waals surface area contributed by atoms with Crippen LogP contribution < -0.4 is 11.1 Å². The molecule has 1 atom stereocenters. The van der Waals surface area contributed by atoms with Crippen molar-refractivity contribution in [2.75, 3.05) is 31.5 Å². The quantitative estimate of drug-likeness (QED) is 0.792. The Morgan fingerprint density at radius 2 is 2.15 bits per heavy atom. The van der Waals surface area contributed by atoms with E-state index >= 15 is 0 Å². The summed E-state index contributed by atoms with van der Waals surface area (Å²) in [5, 5.41) is 3.33. The Kier molecular flexibility index (Phi) is 5.31. The summed E-state index contributed by atoms with van der Waals surface area (Å²) < 4.78 is 13.2. The van der Waals surface area contributed by atoms with Crippen LogP contribution >= 0.6 is 12.2 Å². The lowest BCUT2D eigenvalue weighted by molar-refractivity contribution is 0.294. The van der Waals surface area contributed by atoms with Crippen molar-refractivity contribution >= 4 is 22.9 Å². The van der Waals surface area contributed by atoms with Crippen molar-refractivity contribution in [2.45, 2.75) is 19.8 Å².